The van der Waals surface area contributed by atoms with Gasteiger partial charge in [0.25, 0.3) is 0 Å². The first-order chi connectivity index (χ1) is 9.15. The number of hydrogen-bond acceptors (Lipinski definition) is 6. The van der Waals surface area contributed by atoms with Gasteiger partial charge in [0.2, 0.25) is 5.88 Å². The van der Waals surface area contributed by atoms with E-state index in [1.165, 1.54) is 7.11 Å². The summed E-state index contributed by atoms with van der Waals surface area (Å²) in [4.78, 5) is 8.49. The predicted molar refractivity (Wildman–Crippen MR) is 70.5 cm³/mol. The molecule has 0 fully saturated rings. The number of benzene rings is 1. The van der Waals surface area contributed by atoms with Crippen LogP contribution < -0.4 is 18.9 Å². The Morgan fingerprint density at radius 1 is 0.895 bits per heavy atom. The van der Waals surface area contributed by atoms with E-state index in [1.807, 2.05) is 6.92 Å². The van der Waals surface area contributed by atoms with E-state index >= 15 is 0 Å². The molecule has 0 amide bonds. The quantitative estimate of drug-likeness (QED) is 0.841. The summed E-state index contributed by atoms with van der Waals surface area (Å²) in [5, 5.41) is 0.749. The van der Waals surface area contributed by atoms with Crippen LogP contribution >= 0.6 is 0 Å². The molecule has 0 N–H and O–H groups in total. The Morgan fingerprint density at radius 3 is 2.16 bits per heavy atom. The zero-order valence-electron chi connectivity index (χ0n) is 11.6. The van der Waals surface area contributed by atoms with E-state index in [2.05, 4.69) is 9.97 Å². The van der Waals surface area contributed by atoms with Crippen LogP contribution in [0.15, 0.2) is 6.07 Å². The Labute approximate surface area is 111 Å². The minimum Gasteiger partial charge on any atom is -0.493 e. The maximum Gasteiger partial charge on any atom is 0.320 e. The van der Waals surface area contributed by atoms with E-state index in [0.717, 1.165) is 10.9 Å². The van der Waals surface area contributed by atoms with Gasteiger partial charge in [-0.1, -0.05) is 0 Å². The summed E-state index contributed by atoms with van der Waals surface area (Å²) in [7, 11) is 6.23. The summed E-state index contributed by atoms with van der Waals surface area (Å²) < 4.78 is 21.0. The number of nitrogens with zero attached hydrogens (tertiary/aromatic N) is 2. The van der Waals surface area contributed by atoms with Crippen molar-refractivity contribution < 1.29 is 18.9 Å². The van der Waals surface area contributed by atoms with Crippen molar-refractivity contribution >= 4 is 10.9 Å². The third kappa shape index (κ3) is 2.09. The molecule has 0 bridgehead atoms. The highest BCUT2D eigenvalue weighted by Crippen LogP contribution is 2.39. The molecule has 1 heterocycles. The molecule has 0 saturated carbocycles. The molecule has 0 spiro atoms. The zero-order valence-corrected chi connectivity index (χ0v) is 11.6. The molecule has 0 aliphatic carbocycles. The monoisotopic (exact) mass is 264 g/mol. The lowest BCUT2D eigenvalue weighted by Gasteiger charge is -2.14. The minimum atomic E-state index is 0.250. The van der Waals surface area contributed by atoms with Gasteiger partial charge in [0.1, 0.15) is 0 Å². The summed E-state index contributed by atoms with van der Waals surface area (Å²) in [6, 6.07) is 2.04. The van der Waals surface area contributed by atoms with Crippen molar-refractivity contribution in [3.63, 3.8) is 0 Å². The van der Waals surface area contributed by atoms with Crippen molar-refractivity contribution in [1.82, 2.24) is 9.97 Å². The molecule has 1 aromatic carbocycles. The van der Waals surface area contributed by atoms with E-state index < -0.39 is 0 Å². The highest BCUT2D eigenvalue weighted by atomic mass is 16.5. The second kappa shape index (κ2) is 5.17. The van der Waals surface area contributed by atoms with Crippen LogP contribution in [0.1, 0.15) is 5.56 Å². The van der Waals surface area contributed by atoms with Gasteiger partial charge in [0.05, 0.1) is 39.3 Å². The molecular weight excluding hydrogens is 248 g/mol. The third-order valence-corrected chi connectivity index (χ3v) is 2.89. The van der Waals surface area contributed by atoms with Crippen molar-refractivity contribution in [2.75, 3.05) is 28.4 Å². The van der Waals surface area contributed by atoms with E-state index in [-0.39, 0.29) is 6.01 Å². The van der Waals surface area contributed by atoms with Crippen LogP contribution in [0.25, 0.3) is 10.9 Å². The van der Waals surface area contributed by atoms with E-state index in [4.69, 9.17) is 18.9 Å². The van der Waals surface area contributed by atoms with Crippen molar-refractivity contribution in [3.05, 3.63) is 11.6 Å². The lowest BCUT2D eigenvalue weighted by molar-refractivity contribution is 0.349. The highest BCUT2D eigenvalue weighted by Gasteiger charge is 2.17. The van der Waals surface area contributed by atoms with Crippen LogP contribution in [0.5, 0.6) is 23.4 Å². The SMILES string of the molecule is COc1nc(OC)c2cc(OC)c(OC)c(C)c2n1. The second-order valence-electron chi connectivity index (χ2n) is 3.85. The normalized spacial score (nSPS) is 10.4. The summed E-state index contributed by atoms with van der Waals surface area (Å²) in [5.74, 6) is 1.68. The highest BCUT2D eigenvalue weighted by molar-refractivity contribution is 5.90. The lowest BCUT2D eigenvalue weighted by Crippen LogP contribution is -2.01. The molecule has 6 nitrogen and oxygen atoms in total. The molecule has 2 rings (SSSR count). The minimum absolute atomic E-state index is 0.250. The fourth-order valence-corrected chi connectivity index (χ4v) is 1.99. The standard InChI is InChI=1S/C13H16N2O4/c1-7-10-8(6-9(16-2)11(7)17-3)12(18-4)15-13(14-10)19-5/h6H,1-5H3. The molecule has 1 aromatic heterocycles. The van der Waals surface area contributed by atoms with Gasteiger partial charge >= 0.3 is 6.01 Å². The fraction of sp³-hybridized carbons (Fsp3) is 0.385. The maximum absolute atomic E-state index is 5.36. The summed E-state index contributed by atoms with van der Waals surface area (Å²) in [6.45, 7) is 1.90. The van der Waals surface area contributed by atoms with Crippen LogP contribution in [0.3, 0.4) is 0 Å². The topological polar surface area (TPSA) is 62.7 Å². The molecular formula is C13H16N2O4. The Hall–Kier alpha value is -2.24. The Balaban J connectivity index is 2.86. The Bertz CT molecular complexity index is 613. The zero-order chi connectivity index (χ0) is 14.0. The van der Waals surface area contributed by atoms with Gasteiger partial charge in [-0.25, -0.2) is 0 Å². The maximum atomic E-state index is 5.36. The molecule has 0 atom stereocenters. The first-order valence-corrected chi connectivity index (χ1v) is 5.67. The van der Waals surface area contributed by atoms with Crippen LogP contribution in [0, 0.1) is 6.92 Å². The van der Waals surface area contributed by atoms with E-state index in [9.17, 15) is 0 Å². The fourth-order valence-electron chi connectivity index (χ4n) is 1.99. The second-order valence-corrected chi connectivity index (χ2v) is 3.85. The number of hydrogen-bond donors (Lipinski definition) is 0. The number of rotatable bonds is 4. The number of fused-ring (bicyclic) bond motifs is 1. The van der Waals surface area contributed by atoms with Crippen LogP contribution in [-0.4, -0.2) is 38.4 Å². The summed E-state index contributed by atoms with van der Waals surface area (Å²) in [6.07, 6.45) is 0. The average Bonchev–Trinajstić information content (AvgIpc) is 2.45. The van der Waals surface area contributed by atoms with Crippen molar-refractivity contribution in [3.8, 4) is 23.4 Å². The van der Waals surface area contributed by atoms with E-state index in [0.29, 0.717) is 22.9 Å². The molecule has 0 aliphatic rings. The van der Waals surface area contributed by atoms with Gasteiger partial charge in [-0.2, -0.15) is 9.97 Å². The summed E-state index contributed by atoms with van der Waals surface area (Å²) >= 11 is 0. The molecule has 0 saturated heterocycles. The van der Waals surface area contributed by atoms with Crippen LogP contribution in [0.4, 0.5) is 0 Å². The molecule has 2 aromatic rings. The molecule has 102 valence electrons. The summed E-state index contributed by atoms with van der Waals surface area (Å²) in [5.41, 5.74) is 1.55. The van der Waals surface area contributed by atoms with Gasteiger partial charge in [0, 0.05) is 5.56 Å². The number of aromatic nitrogens is 2. The molecule has 0 aliphatic heterocycles. The predicted octanol–water partition coefficient (Wildman–Crippen LogP) is 1.97. The van der Waals surface area contributed by atoms with Crippen molar-refractivity contribution in [1.29, 1.82) is 0 Å². The Kier molecular flexibility index (Phi) is 3.59. The molecule has 0 radical (unpaired) electrons. The lowest BCUT2D eigenvalue weighted by atomic mass is 10.1. The van der Waals surface area contributed by atoms with Gasteiger partial charge < -0.3 is 18.9 Å². The molecule has 6 heteroatoms. The molecule has 0 unspecified atom stereocenters. The van der Waals surface area contributed by atoms with E-state index in [1.54, 1.807) is 27.4 Å². The Morgan fingerprint density at radius 2 is 1.63 bits per heavy atom. The van der Waals surface area contributed by atoms with Crippen molar-refractivity contribution in [2.45, 2.75) is 6.92 Å². The number of aryl methyl sites for hydroxylation is 1. The number of methoxy groups -OCH3 is 4. The van der Waals surface area contributed by atoms with Gasteiger partial charge in [-0.3, -0.25) is 0 Å². The van der Waals surface area contributed by atoms with Gasteiger partial charge in [0.15, 0.2) is 11.5 Å². The molecule has 19 heavy (non-hydrogen) atoms. The van der Waals surface area contributed by atoms with Crippen LogP contribution in [-0.2, 0) is 0 Å². The first-order valence-electron chi connectivity index (χ1n) is 5.67. The van der Waals surface area contributed by atoms with Gasteiger partial charge in [-0.05, 0) is 13.0 Å². The smallest absolute Gasteiger partial charge is 0.320 e. The number of ether oxygens (including phenoxy) is 4. The van der Waals surface area contributed by atoms with Gasteiger partial charge in [-0.15, -0.1) is 0 Å². The largest absolute Gasteiger partial charge is 0.493 e. The van der Waals surface area contributed by atoms with Crippen molar-refractivity contribution in [2.24, 2.45) is 0 Å². The third-order valence-electron chi connectivity index (χ3n) is 2.89. The first kappa shape index (κ1) is 13.2. The van der Waals surface area contributed by atoms with Crippen LogP contribution in [0.2, 0.25) is 0 Å². The average molecular weight is 264 g/mol.